The van der Waals surface area contributed by atoms with Crippen LogP contribution in [0.25, 0.3) is 0 Å². The van der Waals surface area contributed by atoms with E-state index in [0.717, 1.165) is 43.4 Å². The summed E-state index contributed by atoms with van der Waals surface area (Å²) in [6, 6.07) is 0. The van der Waals surface area contributed by atoms with Crippen LogP contribution in [-0.4, -0.2) is 53.0 Å². The Hall–Kier alpha value is -1.21. The van der Waals surface area contributed by atoms with E-state index in [-0.39, 0.29) is 11.5 Å². The summed E-state index contributed by atoms with van der Waals surface area (Å²) in [5.41, 5.74) is 2.14. The number of carbonyl (C=O) groups excluding carboxylic acids is 1. The molecule has 0 bridgehead atoms. The highest BCUT2D eigenvalue weighted by molar-refractivity contribution is 5.66. The first-order valence-electron chi connectivity index (χ1n) is 13.7. The molecule has 1 saturated heterocycles. The first kappa shape index (κ1) is 25.4. The summed E-state index contributed by atoms with van der Waals surface area (Å²) in [4.78, 5) is 11.5. The van der Waals surface area contributed by atoms with Crippen LogP contribution in [0, 0.1) is 34.5 Å². The van der Waals surface area contributed by atoms with Gasteiger partial charge in [0.2, 0.25) is 0 Å². The number of aliphatic hydroxyl groups excluding tert-OH is 2. The molecule has 0 unspecified atom stereocenters. The predicted molar refractivity (Wildman–Crippen MR) is 132 cm³/mol. The smallest absolute Gasteiger partial charge is 0.303 e. The molecule has 6 nitrogen and oxygen atoms in total. The van der Waals surface area contributed by atoms with Crippen molar-refractivity contribution in [3.63, 3.8) is 0 Å². The van der Waals surface area contributed by atoms with E-state index in [1.165, 1.54) is 38.2 Å². The summed E-state index contributed by atoms with van der Waals surface area (Å²) in [5.74, 6) is 2.41. The molecule has 35 heavy (non-hydrogen) atoms. The van der Waals surface area contributed by atoms with Gasteiger partial charge >= 0.3 is 5.97 Å². The number of hydrogen-bond donors (Lipinski definition) is 2. The van der Waals surface area contributed by atoms with E-state index in [2.05, 4.69) is 32.6 Å². The quantitative estimate of drug-likeness (QED) is 0.447. The van der Waals surface area contributed by atoms with E-state index >= 15 is 0 Å². The fourth-order valence-electron chi connectivity index (χ4n) is 8.80. The number of allylic oxidation sites excluding steroid dienone is 2. The minimum atomic E-state index is -1.22. The molecule has 4 fully saturated rings. The third-order valence-corrected chi connectivity index (χ3v) is 10.8. The fraction of sp³-hybridized carbons (Fsp3) is 0.828. The standard InChI is InChI=1S/C29H44O6/c1-6-18-8-10-22-21-9-7-19-15-20(11-13-29(19,5)23(21)12-14-28(18,22)4)35-27-25(32)26(34-17(3)30)24(31)16(2)33-27/h6-7,16,18,20-27,31-32H,1,8-15H2,2-5H3/t16-,18-,20-,21-,22-,23-,24+,25-,26+,27-,28+,29-/m1/s1. The number of aliphatic hydroxyl groups is 2. The van der Waals surface area contributed by atoms with Crippen molar-refractivity contribution in [2.45, 2.75) is 116 Å². The van der Waals surface area contributed by atoms with Crippen LogP contribution in [0.2, 0.25) is 0 Å². The molecule has 12 atom stereocenters. The zero-order valence-corrected chi connectivity index (χ0v) is 21.8. The molecule has 0 spiro atoms. The number of ether oxygens (including phenoxy) is 3. The Balaban J connectivity index is 1.28. The second-order valence-electron chi connectivity index (χ2n) is 12.5. The van der Waals surface area contributed by atoms with Crippen LogP contribution in [-0.2, 0) is 19.0 Å². The SMILES string of the molecule is C=C[C@@H]1CC[C@@H]2[C@H]3CC=C4C[C@H](O[C@H]5O[C@H](C)[C@H](O)[C@H](OC(C)=O)[C@H]5O)CC[C@@]4(C)[C@@H]3CC[C@@]12C. The molecule has 1 aliphatic heterocycles. The average molecular weight is 489 g/mol. The van der Waals surface area contributed by atoms with Gasteiger partial charge in [0.05, 0.1) is 12.2 Å². The molecule has 5 rings (SSSR count). The third kappa shape index (κ3) is 4.13. The van der Waals surface area contributed by atoms with Crippen LogP contribution in [0.1, 0.15) is 79.1 Å². The van der Waals surface area contributed by atoms with Gasteiger partial charge in [-0.15, -0.1) is 6.58 Å². The first-order valence-corrected chi connectivity index (χ1v) is 13.7. The minimum absolute atomic E-state index is 0.0589. The molecule has 196 valence electrons. The van der Waals surface area contributed by atoms with Crippen molar-refractivity contribution in [2.75, 3.05) is 0 Å². The van der Waals surface area contributed by atoms with Crippen LogP contribution in [0.5, 0.6) is 0 Å². The third-order valence-electron chi connectivity index (χ3n) is 10.8. The summed E-state index contributed by atoms with van der Waals surface area (Å²) < 4.78 is 17.3. The Labute approximate surface area is 210 Å². The maximum Gasteiger partial charge on any atom is 0.303 e. The van der Waals surface area contributed by atoms with Crippen molar-refractivity contribution < 1.29 is 29.2 Å². The molecule has 5 aliphatic rings. The Morgan fingerprint density at radius 3 is 2.63 bits per heavy atom. The van der Waals surface area contributed by atoms with Gasteiger partial charge in [0, 0.05) is 6.92 Å². The highest BCUT2D eigenvalue weighted by Crippen LogP contribution is 2.66. The predicted octanol–water partition coefficient (Wildman–Crippen LogP) is 4.53. The monoisotopic (exact) mass is 488 g/mol. The van der Waals surface area contributed by atoms with E-state index in [1.54, 1.807) is 6.92 Å². The van der Waals surface area contributed by atoms with Gasteiger partial charge in [0.25, 0.3) is 0 Å². The molecule has 0 aromatic heterocycles. The molecule has 1 heterocycles. The summed E-state index contributed by atoms with van der Waals surface area (Å²) in [6.45, 7) is 12.1. The van der Waals surface area contributed by atoms with Gasteiger partial charge in [-0.2, -0.15) is 0 Å². The maximum absolute atomic E-state index is 11.5. The lowest BCUT2D eigenvalue weighted by Crippen LogP contribution is -2.59. The molecule has 4 aliphatic carbocycles. The van der Waals surface area contributed by atoms with Crippen molar-refractivity contribution in [2.24, 2.45) is 34.5 Å². The topological polar surface area (TPSA) is 85.2 Å². The Morgan fingerprint density at radius 1 is 1.14 bits per heavy atom. The van der Waals surface area contributed by atoms with Crippen LogP contribution >= 0.6 is 0 Å². The normalized spacial score (nSPS) is 51.4. The number of hydrogen-bond acceptors (Lipinski definition) is 6. The van der Waals surface area contributed by atoms with Gasteiger partial charge in [0.15, 0.2) is 12.4 Å². The minimum Gasteiger partial charge on any atom is -0.457 e. The molecule has 3 saturated carbocycles. The number of esters is 1. The van der Waals surface area contributed by atoms with Crippen molar-refractivity contribution in [1.82, 2.24) is 0 Å². The lowest BCUT2D eigenvalue weighted by Gasteiger charge is -2.58. The largest absolute Gasteiger partial charge is 0.457 e. The van der Waals surface area contributed by atoms with E-state index in [0.29, 0.717) is 11.3 Å². The van der Waals surface area contributed by atoms with Gasteiger partial charge in [-0.1, -0.05) is 31.6 Å². The summed E-state index contributed by atoms with van der Waals surface area (Å²) >= 11 is 0. The van der Waals surface area contributed by atoms with E-state index < -0.39 is 36.7 Å². The van der Waals surface area contributed by atoms with E-state index in [9.17, 15) is 15.0 Å². The summed E-state index contributed by atoms with van der Waals surface area (Å²) in [5, 5.41) is 21.1. The molecule has 0 aromatic rings. The van der Waals surface area contributed by atoms with Gasteiger partial charge in [-0.25, -0.2) is 0 Å². The number of rotatable bonds is 4. The van der Waals surface area contributed by atoms with Crippen molar-refractivity contribution in [3.05, 3.63) is 24.3 Å². The lowest BCUT2D eigenvalue weighted by molar-refractivity contribution is -0.307. The highest BCUT2D eigenvalue weighted by atomic mass is 16.7. The van der Waals surface area contributed by atoms with Crippen LogP contribution in [0.4, 0.5) is 0 Å². The first-order chi connectivity index (χ1) is 16.6. The van der Waals surface area contributed by atoms with E-state index in [4.69, 9.17) is 14.2 Å². The lowest BCUT2D eigenvalue weighted by atomic mass is 9.47. The molecule has 0 radical (unpaired) electrons. The Kier molecular flexibility index (Phi) is 6.74. The zero-order chi connectivity index (χ0) is 25.1. The van der Waals surface area contributed by atoms with Crippen LogP contribution in [0.15, 0.2) is 24.3 Å². The summed E-state index contributed by atoms with van der Waals surface area (Å²) in [7, 11) is 0. The molecule has 6 heteroatoms. The second kappa shape index (κ2) is 9.27. The summed E-state index contributed by atoms with van der Waals surface area (Å²) in [6.07, 6.45) is 9.02. The highest BCUT2D eigenvalue weighted by Gasteiger charge is 2.58. The number of fused-ring (bicyclic) bond motifs is 5. The molecule has 0 amide bonds. The molecular formula is C29H44O6. The van der Waals surface area contributed by atoms with Gasteiger partial charge in [-0.3, -0.25) is 4.79 Å². The van der Waals surface area contributed by atoms with Crippen LogP contribution in [0.3, 0.4) is 0 Å². The van der Waals surface area contributed by atoms with Gasteiger partial charge < -0.3 is 24.4 Å². The maximum atomic E-state index is 11.5. The molecule has 0 aromatic carbocycles. The van der Waals surface area contributed by atoms with Crippen molar-refractivity contribution in [3.8, 4) is 0 Å². The zero-order valence-electron chi connectivity index (χ0n) is 21.8. The molecule has 2 N–H and O–H groups in total. The molecular weight excluding hydrogens is 444 g/mol. The fourth-order valence-corrected chi connectivity index (χ4v) is 8.80. The Morgan fingerprint density at radius 2 is 1.91 bits per heavy atom. The van der Waals surface area contributed by atoms with Gasteiger partial charge in [0.1, 0.15) is 12.2 Å². The van der Waals surface area contributed by atoms with Gasteiger partial charge in [-0.05, 0) is 92.8 Å². The van der Waals surface area contributed by atoms with Crippen molar-refractivity contribution >= 4 is 5.97 Å². The van der Waals surface area contributed by atoms with Crippen LogP contribution < -0.4 is 0 Å². The second-order valence-corrected chi connectivity index (χ2v) is 12.5. The average Bonchev–Trinajstić information content (AvgIpc) is 3.16. The van der Waals surface area contributed by atoms with Crippen molar-refractivity contribution in [1.29, 1.82) is 0 Å². The Bertz CT molecular complexity index is 869. The number of carbonyl (C=O) groups is 1. The van der Waals surface area contributed by atoms with E-state index in [1.807, 2.05) is 0 Å².